The van der Waals surface area contributed by atoms with Crippen LogP contribution < -0.4 is 14.5 Å². The van der Waals surface area contributed by atoms with Crippen LogP contribution in [0.15, 0.2) is 78.5 Å². The molecule has 3 aromatic rings. The second-order valence-corrected chi connectivity index (χ2v) is 8.39. The van der Waals surface area contributed by atoms with Crippen LogP contribution in [0.3, 0.4) is 0 Å². The lowest BCUT2D eigenvalue weighted by Gasteiger charge is -2.25. The van der Waals surface area contributed by atoms with Crippen molar-refractivity contribution < 1.29 is 14.3 Å². The van der Waals surface area contributed by atoms with E-state index in [4.69, 9.17) is 4.74 Å². The normalized spacial score (nSPS) is 13.6. The van der Waals surface area contributed by atoms with Crippen LogP contribution in [0.1, 0.15) is 37.0 Å². The van der Waals surface area contributed by atoms with E-state index in [1.165, 1.54) is 4.90 Å². The highest BCUT2D eigenvalue weighted by Gasteiger charge is 2.42. The maximum absolute atomic E-state index is 13.9. The Hall–Kier alpha value is -3.86. The quantitative estimate of drug-likeness (QED) is 0.398. The Morgan fingerprint density at radius 2 is 1.53 bits per heavy atom. The van der Waals surface area contributed by atoms with Crippen molar-refractivity contribution >= 4 is 28.8 Å². The van der Waals surface area contributed by atoms with Gasteiger partial charge < -0.3 is 9.64 Å². The molecule has 0 atom stereocenters. The van der Waals surface area contributed by atoms with Gasteiger partial charge in [0.25, 0.3) is 11.8 Å². The second kappa shape index (κ2) is 9.96. The maximum atomic E-state index is 13.9. The number of carbonyl (C=O) groups excluding carboxylic acids is 2. The van der Waals surface area contributed by atoms with Crippen LogP contribution in [0.25, 0.3) is 5.57 Å². The van der Waals surface area contributed by atoms with Crippen molar-refractivity contribution in [1.82, 2.24) is 0 Å². The zero-order valence-corrected chi connectivity index (χ0v) is 20.2. The second-order valence-electron chi connectivity index (χ2n) is 8.39. The zero-order chi connectivity index (χ0) is 24.2. The minimum atomic E-state index is -0.320. The number of hydrogen-bond acceptors (Lipinski definition) is 4. The predicted octanol–water partition coefficient (Wildman–Crippen LogP) is 5.90. The topological polar surface area (TPSA) is 49.9 Å². The fraction of sp³-hybridized carbons (Fsp3) is 0.241. The van der Waals surface area contributed by atoms with Crippen molar-refractivity contribution in [3.63, 3.8) is 0 Å². The number of carbonyl (C=O) groups is 2. The van der Waals surface area contributed by atoms with Crippen molar-refractivity contribution in [1.29, 1.82) is 0 Å². The fourth-order valence-corrected chi connectivity index (χ4v) is 4.14. The molecular weight excluding hydrogens is 424 g/mol. The molecule has 0 saturated carbocycles. The van der Waals surface area contributed by atoms with Crippen LogP contribution in [0.4, 0.5) is 11.4 Å². The molecule has 0 aliphatic carbocycles. The monoisotopic (exact) mass is 454 g/mol. The average Bonchev–Trinajstić information content (AvgIpc) is 3.11. The molecule has 0 saturated heterocycles. The van der Waals surface area contributed by atoms with Crippen LogP contribution >= 0.6 is 0 Å². The fourth-order valence-electron chi connectivity index (χ4n) is 4.14. The number of benzene rings is 3. The van der Waals surface area contributed by atoms with Gasteiger partial charge in [0.05, 0.1) is 17.9 Å². The van der Waals surface area contributed by atoms with E-state index in [1.807, 2.05) is 98.5 Å². The summed E-state index contributed by atoms with van der Waals surface area (Å²) in [6.45, 7) is 9.20. The number of nitrogens with zero attached hydrogens (tertiary/aromatic N) is 2. The van der Waals surface area contributed by atoms with Gasteiger partial charge in [0.15, 0.2) is 0 Å². The van der Waals surface area contributed by atoms with E-state index in [0.29, 0.717) is 35.7 Å². The van der Waals surface area contributed by atoms with Gasteiger partial charge in [-0.25, -0.2) is 4.90 Å². The van der Waals surface area contributed by atoms with Gasteiger partial charge in [0.2, 0.25) is 0 Å². The third-order valence-electron chi connectivity index (χ3n) is 6.08. The summed E-state index contributed by atoms with van der Waals surface area (Å²) in [5.41, 5.74) is 5.06. The number of ether oxygens (including phenoxy) is 1. The molecule has 0 radical (unpaired) electrons. The molecule has 0 fully saturated rings. The number of anilines is 2. The maximum Gasteiger partial charge on any atom is 0.282 e. The third kappa shape index (κ3) is 4.34. The minimum Gasteiger partial charge on any atom is -0.494 e. The standard InChI is InChI=1S/C29H30N2O3/c1-5-18-34-25-16-13-22(14-17-25)26-27(30(6-2)23-10-8-7-9-11-23)29(33)31(28(26)32)24-15-12-20(3)21(4)19-24/h7-17,19H,5-6,18H2,1-4H3. The van der Waals surface area contributed by atoms with Crippen LogP contribution in [0, 0.1) is 13.8 Å². The number of likely N-dealkylation sites (N-methyl/N-ethyl adjacent to an activating group) is 1. The largest absolute Gasteiger partial charge is 0.494 e. The molecule has 1 aliphatic heterocycles. The Labute approximate surface area is 201 Å². The summed E-state index contributed by atoms with van der Waals surface area (Å²) >= 11 is 0. The summed E-state index contributed by atoms with van der Waals surface area (Å²) in [7, 11) is 0. The van der Waals surface area contributed by atoms with Crippen LogP contribution in [-0.2, 0) is 9.59 Å². The molecule has 0 bridgehead atoms. The number of hydrogen-bond donors (Lipinski definition) is 0. The Kier molecular flexibility index (Phi) is 6.82. The predicted molar refractivity (Wildman–Crippen MR) is 137 cm³/mol. The summed E-state index contributed by atoms with van der Waals surface area (Å²) in [6.07, 6.45) is 0.914. The number of para-hydroxylation sites is 1. The molecule has 0 N–H and O–H groups in total. The van der Waals surface area contributed by atoms with Gasteiger partial charge in [-0.3, -0.25) is 9.59 Å². The van der Waals surface area contributed by atoms with Crippen LogP contribution in [0.5, 0.6) is 5.75 Å². The molecule has 1 heterocycles. The first kappa shape index (κ1) is 23.3. The van der Waals surface area contributed by atoms with Crippen LogP contribution in [-0.4, -0.2) is 25.0 Å². The van der Waals surface area contributed by atoms with Gasteiger partial charge in [-0.1, -0.05) is 43.3 Å². The molecule has 1 aliphatic rings. The Morgan fingerprint density at radius 3 is 2.15 bits per heavy atom. The van der Waals surface area contributed by atoms with E-state index in [2.05, 4.69) is 6.92 Å². The minimum absolute atomic E-state index is 0.319. The molecule has 0 aromatic heterocycles. The molecule has 34 heavy (non-hydrogen) atoms. The van der Waals surface area contributed by atoms with E-state index in [0.717, 1.165) is 29.0 Å². The van der Waals surface area contributed by atoms with Crippen molar-refractivity contribution in [2.24, 2.45) is 0 Å². The van der Waals surface area contributed by atoms with Crippen molar-refractivity contribution in [2.45, 2.75) is 34.1 Å². The average molecular weight is 455 g/mol. The lowest BCUT2D eigenvalue weighted by Crippen LogP contribution is -2.35. The highest BCUT2D eigenvalue weighted by Crippen LogP contribution is 2.37. The molecule has 174 valence electrons. The first-order valence-electron chi connectivity index (χ1n) is 11.7. The summed E-state index contributed by atoms with van der Waals surface area (Å²) < 4.78 is 5.71. The first-order valence-corrected chi connectivity index (χ1v) is 11.7. The summed E-state index contributed by atoms with van der Waals surface area (Å²) in [5.74, 6) is 0.103. The number of amides is 2. The van der Waals surface area contributed by atoms with E-state index < -0.39 is 0 Å². The van der Waals surface area contributed by atoms with Crippen LogP contribution in [0.2, 0.25) is 0 Å². The smallest absolute Gasteiger partial charge is 0.282 e. The van der Waals surface area contributed by atoms with Gasteiger partial charge in [-0.15, -0.1) is 0 Å². The molecule has 3 aromatic carbocycles. The first-order chi connectivity index (χ1) is 16.5. The SMILES string of the molecule is CCCOc1ccc(C2=C(N(CC)c3ccccc3)C(=O)N(c3ccc(C)c(C)c3)C2=O)cc1. The molecular formula is C29H30N2O3. The summed E-state index contributed by atoms with van der Waals surface area (Å²) in [4.78, 5) is 30.9. The molecule has 5 nitrogen and oxygen atoms in total. The Bertz CT molecular complexity index is 1230. The molecule has 4 rings (SSSR count). The van der Waals surface area contributed by atoms with Gasteiger partial charge in [-0.05, 0) is 80.3 Å². The Balaban J connectivity index is 1.84. The van der Waals surface area contributed by atoms with Crippen molar-refractivity contribution in [2.75, 3.05) is 23.0 Å². The summed E-state index contributed by atoms with van der Waals surface area (Å²) in [6, 6.07) is 22.8. The molecule has 0 unspecified atom stereocenters. The van der Waals surface area contributed by atoms with Crippen molar-refractivity contribution in [3.8, 4) is 5.75 Å². The van der Waals surface area contributed by atoms with Gasteiger partial charge in [0.1, 0.15) is 11.4 Å². The third-order valence-corrected chi connectivity index (χ3v) is 6.08. The van der Waals surface area contributed by atoms with E-state index >= 15 is 0 Å². The molecule has 5 heteroatoms. The highest BCUT2D eigenvalue weighted by molar-refractivity contribution is 6.46. The van der Waals surface area contributed by atoms with E-state index in [-0.39, 0.29) is 11.8 Å². The van der Waals surface area contributed by atoms with Gasteiger partial charge in [0, 0.05) is 12.2 Å². The lowest BCUT2D eigenvalue weighted by molar-refractivity contribution is -0.120. The Morgan fingerprint density at radius 1 is 0.824 bits per heavy atom. The molecule has 0 spiro atoms. The number of aryl methyl sites for hydroxylation is 2. The molecule has 2 amide bonds. The van der Waals surface area contributed by atoms with Crippen molar-refractivity contribution in [3.05, 3.63) is 95.2 Å². The number of rotatable bonds is 8. The zero-order valence-electron chi connectivity index (χ0n) is 20.2. The number of imide groups is 1. The van der Waals surface area contributed by atoms with E-state index in [1.54, 1.807) is 0 Å². The van der Waals surface area contributed by atoms with Gasteiger partial charge in [-0.2, -0.15) is 0 Å². The summed E-state index contributed by atoms with van der Waals surface area (Å²) in [5, 5.41) is 0. The van der Waals surface area contributed by atoms with E-state index in [9.17, 15) is 9.59 Å². The van der Waals surface area contributed by atoms with Gasteiger partial charge >= 0.3 is 0 Å². The highest BCUT2D eigenvalue weighted by atomic mass is 16.5. The lowest BCUT2D eigenvalue weighted by atomic mass is 10.0.